The Kier molecular flexibility index (Phi) is 8.73. The van der Waals surface area contributed by atoms with Crippen LogP contribution in [0.5, 0.6) is 0 Å². The summed E-state index contributed by atoms with van der Waals surface area (Å²) in [6.07, 6.45) is -2.65. The van der Waals surface area contributed by atoms with Gasteiger partial charge in [-0.1, -0.05) is 23.7 Å². The summed E-state index contributed by atoms with van der Waals surface area (Å²) in [4.78, 5) is 47.2. The van der Waals surface area contributed by atoms with Gasteiger partial charge in [-0.15, -0.1) is 0 Å². The van der Waals surface area contributed by atoms with Crippen molar-refractivity contribution >= 4 is 46.8 Å². The number of rotatable bonds is 8. The first kappa shape index (κ1) is 26.3. The number of carbonyl (C=O) groups is 3. The number of nitrogens with zero attached hydrogens (tertiary/aromatic N) is 2. The Morgan fingerprint density at radius 1 is 1.21 bits per heavy atom. The largest absolute Gasteiger partial charge is 0.452 e. The van der Waals surface area contributed by atoms with Gasteiger partial charge in [-0.25, -0.2) is 4.79 Å². The van der Waals surface area contributed by atoms with Gasteiger partial charge in [0, 0.05) is 24.9 Å². The highest BCUT2D eigenvalue weighted by atomic mass is 35.5. The van der Waals surface area contributed by atoms with Crippen LogP contribution in [-0.4, -0.2) is 47.8 Å². The number of ether oxygens (including phenoxy) is 1. The lowest BCUT2D eigenvalue weighted by atomic mass is 10.1. The van der Waals surface area contributed by atoms with Crippen LogP contribution in [0.15, 0.2) is 48.5 Å². The van der Waals surface area contributed by atoms with Gasteiger partial charge in [-0.2, -0.15) is 13.2 Å². The molecule has 2 rings (SSSR count). The van der Waals surface area contributed by atoms with Crippen LogP contribution < -0.4 is 5.32 Å². The Hall–Kier alpha value is -3.93. The Labute approximate surface area is 195 Å². The minimum absolute atomic E-state index is 0.153. The summed E-state index contributed by atoms with van der Waals surface area (Å²) >= 11 is 5.52. The summed E-state index contributed by atoms with van der Waals surface area (Å²) in [5.74, 6) is -2.52. The van der Waals surface area contributed by atoms with E-state index < -0.39 is 52.6 Å². The number of hydrogen-bond donors (Lipinski definition) is 1. The van der Waals surface area contributed by atoms with Crippen LogP contribution in [0.4, 0.5) is 24.5 Å². The lowest BCUT2D eigenvalue weighted by molar-refractivity contribution is -0.385. The quantitative estimate of drug-likeness (QED) is 0.254. The van der Waals surface area contributed by atoms with E-state index in [2.05, 4.69) is 5.32 Å². The molecule has 0 saturated carbocycles. The first-order valence-electron chi connectivity index (χ1n) is 9.37. The minimum atomic E-state index is -4.71. The summed E-state index contributed by atoms with van der Waals surface area (Å²) in [7, 11) is 1.22. The maximum atomic E-state index is 12.9. The predicted molar refractivity (Wildman–Crippen MR) is 116 cm³/mol. The number of halogens is 4. The Morgan fingerprint density at radius 2 is 1.88 bits per heavy atom. The molecule has 0 heterocycles. The highest BCUT2D eigenvalue weighted by molar-refractivity contribution is 6.31. The molecule has 0 spiro atoms. The molecule has 0 aromatic heterocycles. The summed E-state index contributed by atoms with van der Waals surface area (Å²) < 4.78 is 43.5. The van der Waals surface area contributed by atoms with Crippen LogP contribution in [0.1, 0.15) is 11.1 Å². The van der Waals surface area contributed by atoms with Crippen molar-refractivity contribution in [1.82, 2.24) is 4.90 Å². The molecule has 1 N–H and O–H groups in total. The van der Waals surface area contributed by atoms with E-state index in [0.717, 1.165) is 23.1 Å². The molecule has 0 aliphatic carbocycles. The van der Waals surface area contributed by atoms with E-state index in [4.69, 9.17) is 16.3 Å². The summed E-state index contributed by atoms with van der Waals surface area (Å²) in [5.41, 5.74) is -1.37. The molecule has 2 aromatic carbocycles. The molecule has 0 unspecified atom stereocenters. The van der Waals surface area contributed by atoms with Crippen molar-refractivity contribution in [3.63, 3.8) is 0 Å². The Morgan fingerprint density at radius 3 is 2.53 bits per heavy atom. The Bertz CT molecular complexity index is 1140. The molecular formula is C21H17ClF3N3O6. The van der Waals surface area contributed by atoms with E-state index in [1.165, 1.54) is 37.4 Å². The van der Waals surface area contributed by atoms with Crippen LogP contribution in [0.25, 0.3) is 6.08 Å². The van der Waals surface area contributed by atoms with Crippen LogP contribution in [0.2, 0.25) is 5.02 Å². The molecule has 0 aliphatic heterocycles. The van der Waals surface area contributed by atoms with Gasteiger partial charge in [-0.05, 0) is 30.3 Å². The minimum Gasteiger partial charge on any atom is -0.452 e. The first-order valence-corrected chi connectivity index (χ1v) is 9.75. The van der Waals surface area contributed by atoms with Crippen LogP contribution >= 0.6 is 11.6 Å². The first-order chi connectivity index (χ1) is 15.9. The fourth-order valence-electron chi connectivity index (χ4n) is 2.57. The van der Waals surface area contributed by atoms with Gasteiger partial charge in [-0.3, -0.25) is 19.7 Å². The smallest absolute Gasteiger partial charge is 0.417 e. The number of benzene rings is 2. The van der Waals surface area contributed by atoms with Crippen LogP contribution in [0.3, 0.4) is 0 Å². The molecule has 13 heteroatoms. The van der Waals surface area contributed by atoms with Gasteiger partial charge in [0.05, 0.1) is 27.6 Å². The van der Waals surface area contributed by atoms with Crippen molar-refractivity contribution in [2.45, 2.75) is 6.18 Å². The van der Waals surface area contributed by atoms with Crippen molar-refractivity contribution in [1.29, 1.82) is 0 Å². The number of carbonyl (C=O) groups excluding carboxylic acids is 3. The summed E-state index contributed by atoms with van der Waals surface area (Å²) in [6, 6.07) is 8.47. The van der Waals surface area contributed by atoms with Crippen molar-refractivity contribution in [2.75, 3.05) is 25.5 Å². The zero-order chi connectivity index (χ0) is 25.5. The highest BCUT2D eigenvalue weighted by Gasteiger charge is 2.33. The third-order valence-electron chi connectivity index (χ3n) is 4.23. The fraction of sp³-hybridized carbons (Fsp3) is 0.190. The molecule has 0 bridgehead atoms. The molecule has 9 nitrogen and oxygen atoms in total. The number of hydrogen-bond acceptors (Lipinski definition) is 6. The zero-order valence-corrected chi connectivity index (χ0v) is 18.2. The van der Waals surface area contributed by atoms with E-state index in [1.807, 2.05) is 0 Å². The number of amides is 2. The van der Waals surface area contributed by atoms with Crippen molar-refractivity contribution in [2.24, 2.45) is 0 Å². The predicted octanol–water partition coefficient (Wildman–Crippen LogP) is 3.92. The third-order valence-corrected chi connectivity index (χ3v) is 4.56. The van der Waals surface area contributed by atoms with Gasteiger partial charge in [0.25, 0.3) is 11.6 Å². The van der Waals surface area contributed by atoms with E-state index in [1.54, 1.807) is 0 Å². The molecule has 2 aromatic rings. The topological polar surface area (TPSA) is 119 Å². The SMILES string of the molecule is CN(CC(=O)Nc1ccc(Cl)c(C(F)(F)F)c1)C(=O)COC(=O)/C=C/c1ccccc1[N+](=O)[O-]. The normalized spacial score (nSPS) is 11.2. The molecular weight excluding hydrogens is 483 g/mol. The molecule has 0 atom stereocenters. The van der Waals surface area contributed by atoms with E-state index >= 15 is 0 Å². The summed E-state index contributed by atoms with van der Waals surface area (Å²) in [5, 5.41) is 12.6. The molecule has 0 aliphatic rings. The van der Waals surface area contributed by atoms with Crippen molar-refractivity contribution < 1.29 is 37.2 Å². The molecule has 0 radical (unpaired) electrons. The molecule has 34 heavy (non-hydrogen) atoms. The number of para-hydroxylation sites is 1. The average Bonchev–Trinajstić information content (AvgIpc) is 2.76. The van der Waals surface area contributed by atoms with Gasteiger partial charge in [0.15, 0.2) is 6.61 Å². The highest BCUT2D eigenvalue weighted by Crippen LogP contribution is 2.36. The number of nitro benzene ring substituents is 1. The molecule has 0 saturated heterocycles. The Balaban J connectivity index is 1.88. The molecule has 0 fully saturated rings. The van der Waals surface area contributed by atoms with Crippen LogP contribution in [0, 0.1) is 10.1 Å². The maximum Gasteiger partial charge on any atom is 0.417 e. The monoisotopic (exact) mass is 499 g/mol. The number of esters is 1. The third kappa shape index (κ3) is 7.59. The van der Waals surface area contributed by atoms with E-state index in [-0.39, 0.29) is 16.9 Å². The van der Waals surface area contributed by atoms with Crippen molar-refractivity contribution in [3.8, 4) is 0 Å². The fourth-order valence-corrected chi connectivity index (χ4v) is 2.79. The standard InChI is InChI=1S/C21H17ClF3N3O6/c1-27(11-18(29)26-14-7-8-16(22)15(10-14)21(23,24)25)19(30)12-34-20(31)9-6-13-4-2-3-5-17(13)28(32)33/h2-10H,11-12H2,1H3,(H,26,29)/b9-6+. The second kappa shape index (κ2) is 11.3. The van der Waals surface area contributed by atoms with Crippen LogP contribution in [-0.2, 0) is 25.3 Å². The second-order valence-electron chi connectivity index (χ2n) is 6.75. The number of likely N-dealkylation sites (N-methyl/N-ethyl adjacent to an activating group) is 1. The van der Waals surface area contributed by atoms with Gasteiger partial charge in [0.1, 0.15) is 0 Å². The average molecular weight is 500 g/mol. The van der Waals surface area contributed by atoms with E-state index in [9.17, 15) is 37.7 Å². The molecule has 180 valence electrons. The molecule has 2 amide bonds. The maximum absolute atomic E-state index is 12.9. The lowest BCUT2D eigenvalue weighted by Gasteiger charge is -2.17. The number of anilines is 1. The number of alkyl halides is 3. The van der Waals surface area contributed by atoms with Gasteiger partial charge < -0.3 is 15.0 Å². The second-order valence-corrected chi connectivity index (χ2v) is 7.15. The summed E-state index contributed by atoms with van der Waals surface area (Å²) in [6.45, 7) is -1.27. The lowest BCUT2D eigenvalue weighted by Crippen LogP contribution is -2.37. The van der Waals surface area contributed by atoms with E-state index in [0.29, 0.717) is 6.07 Å². The number of nitrogens with one attached hydrogen (secondary N) is 1. The number of nitro groups is 1. The van der Waals surface area contributed by atoms with Gasteiger partial charge >= 0.3 is 12.1 Å². The zero-order valence-electron chi connectivity index (χ0n) is 17.5. The van der Waals surface area contributed by atoms with Gasteiger partial charge in [0.2, 0.25) is 5.91 Å². The van der Waals surface area contributed by atoms with Crippen molar-refractivity contribution in [3.05, 3.63) is 74.8 Å².